The molecule has 0 heterocycles. The van der Waals surface area contributed by atoms with Crippen molar-refractivity contribution >= 4 is 34.5 Å². The van der Waals surface area contributed by atoms with Crippen molar-refractivity contribution in [3.8, 4) is 0 Å². The Bertz CT molecular complexity index is 1810. The second kappa shape index (κ2) is 19.1. The van der Waals surface area contributed by atoms with Gasteiger partial charge < -0.3 is 20.7 Å². The van der Waals surface area contributed by atoms with E-state index in [0.29, 0.717) is 18.6 Å². The summed E-state index contributed by atoms with van der Waals surface area (Å²) in [6.45, 7) is 1.81. The van der Waals surface area contributed by atoms with Crippen molar-refractivity contribution in [2.75, 3.05) is 6.54 Å². The number of halogens is 1. The third kappa shape index (κ3) is 12.7. The Morgan fingerprint density at radius 1 is 0.673 bits per heavy atom. The summed E-state index contributed by atoms with van der Waals surface area (Å²) in [5, 5.41) is 10.4. The van der Waals surface area contributed by atoms with Gasteiger partial charge in [0.25, 0.3) is 0 Å². The quantitative estimate of drug-likeness (QED) is 0.138. The lowest BCUT2D eigenvalue weighted by atomic mass is 10.0. The molecular formula is C40H40FN3O5. The minimum atomic E-state index is -0.899. The van der Waals surface area contributed by atoms with Gasteiger partial charge in [-0.2, -0.15) is 0 Å². The maximum absolute atomic E-state index is 13.4. The van der Waals surface area contributed by atoms with E-state index in [1.54, 1.807) is 12.1 Å². The molecule has 0 aliphatic rings. The van der Waals surface area contributed by atoms with Gasteiger partial charge in [-0.3, -0.25) is 19.2 Å². The smallest absolute Gasteiger partial charge is 0.302 e. The highest BCUT2D eigenvalue weighted by atomic mass is 19.1. The van der Waals surface area contributed by atoms with E-state index >= 15 is 0 Å². The van der Waals surface area contributed by atoms with Crippen LogP contribution in [0.2, 0.25) is 0 Å². The van der Waals surface area contributed by atoms with Crippen LogP contribution in [-0.2, 0) is 49.9 Å². The maximum atomic E-state index is 13.4. The normalized spacial score (nSPS) is 11.0. The number of hydrogen-bond donors (Lipinski definition) is 3. The molecule has 0 fully saturated rings. The summed E-state index contributed by atoms with van der Waals surface area (Å²) in [6, 6.07) is 37.9. The molecule has 5 rings (SSSR count). The lowest BCUT2D eigenvalue weighted by molar-refractivity contribution is -0.142. The molecule has 9 heteroatoms. The molecule has 0 saturated carbocycles. The number of carbonyl (C=O) groups is 4. The Morgan fingerprint density at radius 3 is 2.00 bits per heavy atom. The molecule has 1 atom stereocenters. The van der Waals surface area contributed by atoms with Gasteiger partial charge in [-0.1, -0.05) is 115 Å². The van der Waals surface area contributed by atoms with Gasteiger partial charge in [-0.25, -0.2) is 4.39 Å². The molecule has 0 bridgehead atoms. The number of nitrogens with one attached hydrogen (secondary N) is 3. The zero-order valence-electron chi connectivity index (χ0n) is 27.4. The van der Waals surface area contributed by atoms with Gasteiger partial charge in [-0.15, -0.1) is 0 Å². The second-order valence-electron chi connectivity index (χ2n) is 11.3. The van der Waals surface area contributed by atoms with Crippen LogP contribution in [0.25, 0.3) is 10.8 Å². The first-order valence-electron chi connectivity index (χ1n) is 16.0. The highest BCUT2D eigenvalue weighted by Gasteiger charge is 2.22. The number of esters is 1. The van der Waals surface area contributed by atoms with Crippen LogP contribution in [-0.4, -0.2) is 36.3 Å². The number of ether oxygens (including phenoxy) is 1. The molecule has 5 aromatic carbocycles. The highest BCUT2D eigenvalue weighted by Crippen LogP contribution is 2.18. The standard InChI is InChI=1S/C31H30FN3O3.C9H10O2/c32-26-16-13-23(14-17-26)19-28(31(38)34-20-25-11-6-10-24-9-4-5-12-27(24)25)35-30(37)21-33-29(36)18-15-22-7-2-1-3-8-22;1-8(10)11-7-9-5-3-2-4-6-9/h1-14,16-17,28H,15,18-21H2,(H,33,36)(H,34,38)(H,35,37);2-6H,7H2,1H3/t28-;/m0./s1. The van der Waals surface area contributed by atoms with E-state index in [1.807, 2.05) is 103 Å². The predicted molar refractivity (Wildman–Crippen MR) is 188 cm³/mol. The Kier molecular flexibility index (Phi) is 14.0. The summed E-state index contributed by atoms with van der Waals surface area (Å²) < 4.78 is 18.2. The molecule has 252 valence electrons. The van der Waals surface area contributed by atoms with Gasteiger partial charge in [0.05, 0.1) is 6.54 Å². The largest absolute Gasteiger partial charge is 0.461 e. The van der Waals surface area contributed by atoms with E-state index in [4.69, 9.17) is 4.74 Å². The van der Waals surface area contributed by atoms with Gasteiger partial charge in [0.2, 0.25) is 17.7 Å². The van der Waals surface area contributed by atoms with Crippen LogP contribution < -0.4 is 16.0 Å². The van der Waals surface area contributed by atoms with Crippen molar-refractivity contribution < 1.29 is 28.3 Å². The van der Waals surface area contributed by atoms with Gasteiger partial charge in [0, 0.05) is 26.3 Å². The molecule has 0 unspecified atom stereocenters. The van der Waals surface area contributed by atoms with E-state index < -0.39 is 11.9 Å². The number of rotatable bonds is 13. The number of carbonyl (C=O) groups excluding carboxylic acids is 4. The average Bonchev–Trinajstić information content (AvgIpc) is 3.13. The molecule has 49 heavy (non-hydrogen) atoms. The summed E-state index contributed by atoms with van der Waals surface area (Å²) >= 11 is 0. The van der Waals surface area contributed by atoms with Gasteiger partial charge in [0.1, 0.15) is 18.5 Å². The number of aryl methyl sites for hydroxylation is 1. The first-order chi connectivity index (χ1) is 23.8. The summed E-state index contributed by atoms with van der Waals surface area (Å²) in [5.74, 6) is -1.72. The molecule has 3 amide bonds. The topological polar surface area (TPSA) is 114 Å². The Morgan fingerprint density at radius 2 is 1.31 bits per heavy atom. The van der Waals surface area contributed by atoms with E-state index in [0.717, 1.165) is 27.5 Å². The average molecular weight is 662 g/mol. The van der Waals surface area contributed by atoms with E-state index in [-0.39, 0.29) is 49.5 Å². The lowest BCUT2D eigenvalue weighted by Gasteiger charge is -2.19. The Balaban J connectivity index is 0.000000418. The van der Waals surface area contributed by atoms with Crippen LogP contribution in [0.5, 0.6) is 0 Å². The summed E-state index contributed by atoms with van der Waals surface area (Å²) in [6.07, 6.45) is 0.995. The number of benzene rings is 5. The molecule has 0 aromatic heterocycles. The van der Waals surface area contributed by atoms with Crippen molar-refractivity contribution in [2.24, 2.45) is 0 Å². The Hall–Kier alpha value is -5.83. The van der Waals surface area contributed by atoms with Crippen LogP contribution in [0.4, 0.5) is 4.39 Å². The van der Waals surface area contributed by atoms with Crippen LogP contribution in [0, 0.1) is 5.82 Å². The fourth-order valence-electron chi connectivity index (χ4n) is 4.99. The summed E-state index contributed by atoms with van der Waals surface area (Å²) in [4.78, 5) is 48.5. The molecule has 3 N–H and O–H groups in total. The SMILES string of the molecule is CC(=O)OCc1ccccc1.O=C(CCc1ccccc1)NCC(=O)N[C@@H](Cc1ccc(F)cc1)C(=O)NCc1cccc2ccccc12. The molecule has 0 radical (unpaired) electrons. The second-order valence-corrected chi connectivity index (χ2v) is 11.3. The molecule has 5 aromatic rings. The van der Waals surface area contributed by atoms with Gasteiger partial charge in [-0.05, 0) is 51.6 Å². The van der Waals surface area contributed by atoms with Crippen LogP contribution >= 0.6 is 0 Å². The van der Waals surface area contributed by atoms with Gasteiger partial charge >= 0.3 is 5.97 Å². The molecule has 0 aliphatic carbocycles. The summed E-state index contributed by atoms with van der Waals surface area (Å²) in [7, 11) is 0. The first-order valence-corrected chi connectivity index (χ1v) is 16.0. The van der Waals surface area contributed by atoms with Crippen molar-refractivity contribution in [3.05, 3.63) is 155 Å². The van der Waals surface area contributed by atoms with E-state index in [9.17, 15) is 23.6 Å². The third-order valence-electron chi connectivity index (χ3n) is 7.55. The Labute approximate surface area is 285 Å². The lowest BCUT2D eigenvalue weighted by Crippen LogP contribution is -2.50. The molecular weight excluding hydrogens is 621 g/mol. The number of fused-ring (bicyclic) bond motifs is 1. The van der Waals surface area contributed by atoms with Crippen LogP contribution in [0.1, 0.15) is 35.6 Å². The predicted octanol–water partition coefficient (Wildman–Crippen LogP) is 5.82. The van der Waals surface area contributed by atoms with Crippen molar-refractivity contribution in [1.29, 1.82) is 0 Å². The fraction of sp³-hybridized carbons (Fsp3) is 0.200. The number of hydrogen-bond acceptors (Lipinski definition) is 5. The van der Waals surface area contributed by atoms with Crippen molar-refractivity contribution in [1.82, 2.24) is 16.0 Å². The fourth-order valence-corrected chi connectivity index (χ4v) is 4.99. The summed E-state index contributed by atoms with van der Waals surface area (Å²) in [5.41, 5.74) is 3.70. The monoisotopic (exact) mass is 661 g/mol. The van der Waals surface area contributed by atoms with Gasteiger partial charge in [0.15, 0.2) is 0 Å². The van der Waals surface area contributed by atoms with E-state index in [2.05, 4.69) is 16.0 Å². The van der Waals surface area contributed by atoms with E-state index in [1.165, 1.54) is 19.1 Å². The molecule has 0 aliphatic heterocycles. The third-order valence-corrected chi connectivity index (χ3v) is 7.55. The first kappa shape index (κ1) is 36.0. The maximum Gasteiger partial charge on any atom is 0.302 e. The van der Waals surface area contributed by atoms with Crippen molar-refractivity contribution in [3.63, 3.8) is 0 Å². The van der Waals surface area contributed by atoms with Crippen LogP contribution in [0.15, 0.2) is 127 Å². The zero-order valence-corrected chi connectivity index (χ0v) is 27.4. The zero-order chi connectivity index (χ0) is 34.8. The number of amides is 3. The molecule has 8 nitrogen and oxygen atoms in total. The highest BCUT2D eigenvalue weighted by molar-refractivity contribution is 5.91. The van der Waals surface area contributed by atoms with Crippen LogP contribution in [0.3, 0.4) is 0 Å². The minimum absolute atomic E-state index is 0.176. The van der Waals surface area contributed by atoms with Crippen molar-refractivity contribution in [2.45, 2.75) is 45.4 Å². The molecule has 0 saturated heterocycles. The minimum Gasteiger partial charge on any atom is -0.461 e. The molecule has 0 spiro atoms.